The van der Waals surface area contributed by atoms with E-state index in [1.54, 1.807) is 30.2 Å². The van der Waals surface area contributed by atoms with E-state index in [2.05, 4.69) is 0 Å². The van der Waals surface area contributed by atoms with Gasteiger partial charge in [0.1, 0.15) is 11.9 Å². The van der Waals surface area contributed by atoms with Crippen LogP contribution >= 0.6 is 0 Å². The maximum Gasteiger partial charge on any atom is 0.415 e. The number of cyclic esters (lactones) is 1. The fraction of sp³-hybridized carbons (Fsp3) is 0.588. The minimum atomic E-state index is -4.16. The summed E-state index contributed by atoms with van der Waals surface area (Å²) in [6, 6.07) is 5.16. The molecule has 0 bridgehead atoms. The van der Waals surface area contributed by atoms with E-state index >= 15 is 0 Å². The second-order valence-electron chi connectivity index (χ2n) is 6.21. The van der Waals surface area contributed by atoms with Crippen LogP contribution in [0.25, 0.3) is 0 Å². The number of hydrogen-bond donors (Lipinski definition) is 0. The predicted molar refractivity (Wildman–Crippen MR) is 84.0 cm³/mol. The van der Waals surface area contributed by atoms with E-state index in [0.29, 0.717) is 12.4 Å². The second kappa shape index (κ2) is 7.11. The first-order chi connectivity index (χ1) is 11.9. The summed E-state index contributed by atoms with van der Waals surface area (Å²) >= 11 is 0. The van der Waals surface area contributed by atoms with Crippen molar-refractivity contribution in [3.63, 3.8) is 0 Å². The average molecular weight is 359 g/mol. The van der Waals surface area contributed by atoms with Crippen LogP contribution in [0.2, 0.25) is 0 Å². The summed E-state index contributed by atoms with van der Waals surface area (Å²) in [4.78, 5) is 13.8. The quantitative estimate of drug-likeness (QED) is 0.727. The number of rotatable bonds is 6. The topological polar surface area (TPSA) is 48.0 Å². The molecule has 2 atom stereocenters. The molecule has 2 unspecified atom stereocenters. The van der Waals surface area contributed by atoms with Crippen molar-refractivity contribution in [3.8, 4) is 5.75 Å². The number of hydrogen-bond acceptors (Lipinski definition) is 4. The van der Waals surface area contributed by atoms with Gasteiger partial charge in [-0.15, -0.1) is 0 Å². The first kappa shape index (κ1) is 17.8. The zero-order valence-corrected chi connectivity index (χ0v) is 13.8. The number of fused-ring (bicyclic) bond motifs is 3. The second-order valence-corrected chi connectivity index (χ2v) is 6.21. The van der Waals surface area contributed by atoms with Crippen LogP contribution in [0.5, 0.6) is 5.75 Å². The highest BCUT2D eigenvalue weighted by molar-refractivity contribution is 5.92. The van der Waals surface area contributed by atoms with Gasteiger partial charge in [0, 0.05) is 13.5 Å². The molecule has 1 fully saturated rings. The molecular weight excluding hydrogens is 339 g/mol. The molecule has 5 nitrogen and oxygen atoms in total. The lowest BCUT2D eigenvalue weighted by molar-refractivity contribution is -0.136. The fourth-order valence-electron chi connectivity index (χ4n) is 3.32. The van der Waals surface area contributed by atoms with Gasteiger partial charge in [0.15, 0.2) is 0 Å². The lowest BCUT2D eigenvalue weighted by Gasteiger charge is -2.31. The molecule has 0 saturated carbocycles. The van der Waals surface area contributed by atoms with Gasteiger partial charge in [-0.2, -0.15) is 13.2 Å². The van der Waals surface area contributed by atoms with Gasteiger partial charge < -0.3 is 14.2 Å². The van der Waals surface area contributed by atoms with Crippen LogP contribution in [-0.4, -0.2) is 44.7 Å². The number of benzene rings is 1. The largest absolute Gasteiger partial charge is 0.494 e. The first-order valence-electron chi connectivity index (χ1n) is 8.20. The minimum Gasteiger partial charge on any atom is -0.494 e. The number of carbonyl (C=O) groups is 1. The molecule has 0 aliphatic carbocycles. The summed E-state index contributed by atoms with van der Waals surface area (Å²) < 4.78 is 52.3. The SMILES string of the molecule is COCC1OC(=O)N2c3ccc(OCCCC(F)(F)F)cc3CCC12. The Balaban J connectivity index is 1.65. The van der Waals surface area contributed by atoms with Crippen LogP contribution in [0, 0.1) is 0 Å². The molecule has 0 N–H and O–H groups in total. The van der Waals surface area contributed by atoms with Gasteiger partial charge >= 0.3 is 12.3 Å². The number of aryl methyl sites for hydroxylation is 1. The van der Waals surface area contributed by atoms with Crippen molar-refractivity contribution < 1.29 is 32.2 Å². The van der Waals surface area contributed by atoms with Gasteiger partial charge in [-0.05, 0) is 43.0 Å². The highest BCUT2D eigenvalue weighted by Gasteiger charge is 2.45. The minimum absolute atomic E-state index is 0.00257. The lowest BCUT2D eigenvalue weighted by atomic mass is 9.94. The van der Waals surface area contributed by atoms with Crippen molar-refractivity contribution in [2.45, 2.75) is 44.0 Å². The van der Waals surface area contributed by atoms with Crippen molar-refractivity contribution in [3.05, 3.63) is 23.8 Å². The summed E-state index contributed by atoms with van der Waals surface area (Å²) in [5, 5.41) is 0. The highest BCUT2D eigenvalue weighted by Crippen LogP contribution is 2.38. The Morgan fingerprint density at radius 3 is 2.88 bits per heavy atom. The predicted octanol–water partition coefficient (Wildman–Crippen LogP) is 3.69. The molecule has 3 rings (SSSR count). The van der Waals surface area contributed by atoms with Crippen molar-refractivity contribution >= 4 is 11.8 Å². The molecule has 1 saturated heterocycles. The highest BCUT2D eigenvalue weighted by atomic mass is 19.4. The summed E-state index contributed by atoms with van der Waals surface area (Å²) in [6.45, 7) is 0.352. The molecule has 2 aliphatic heterocycles. The van der Waals surface area contributed by atoms with Crippen LogP contribution in [0.15, 0.2) is 18.2 Å². The third kappa shape index (κ3) is 4.00. The van der Waals surface area contributed by atoms with Crippen molar-refractivity contribution in [1.82, 2.24) is 0 Å². The average Bonchev–Trinajstić information content (AvgIpc) is 2.87. The molecule has 25 heavy (non-hydrogen) atoms. The van der Waals surface area contributed by atoms with Gasteiger partial charge in [0.2, 0.25) is 0 Å². The smallest absolute Gasteiger partial charge is 0.415 e. The first-order valence-corrected chi connectivity index (χ1v) is 8.20. The molecule has 0 radical (unpaired) electrons. The number of carbonyl (C=O) groups excluding carboxylic acids is 1. The molecule has 138 valence electrons. The number of alkyl halides is 3. The summed E-state index contributed by atoms with van der Waals surface area (Å²) in [6.07, 6.45) is -4.31. The Kier molecular flexibility index (Phi) is 5.08. The maximum absolute atomic E-state index is 12.2. The van der Waals surface area contributed by atoms with Crippen molar-refractivity contribution in [2.75, 3.05) is 25.2 Å². The van der Waals surface area contributed by atoms with Gasteiger partial charge in [-0.3, -0.25) is 4.90 Å². The molecule has 0 aromatic heterocycles. The molecule has 8 heteroatoms. The Bertz CT molecular complexity index is 635. The number of methoxy groups -OCH3 is 1. The third-order valence-electron chi connectivity index (χ3n) is 4.43. The molecule has 1 amide bonds. The zero-order valence-electron chi connectivity index (χ0n) is 13.8. The van der Waals surface area contributed by atoms with Gasteiger partial charge in [-0.25, -0.2) is 4.79 Å². The molecule has 2 heterocycles. The standard InChI is InChI=1S/C17H20F3NO4/c1-23-10-15-14-5-3-11-9-12(24-8-2-7-17(18,19)20)4-6-13(11)21(14)16(22)25-15/h4,6,9,14-15H,2-3,5,7-8,10H2,1H3. The number of anilines is 1. The fourth-order valence-corrected chi connectivity index (χ4v) is 3.32. The van der Waals surface area contributed by atoms with E-state index in [4.69, 9.17) is 14.2 Å². The van der Waals surface area contributed by atoms with E-state index < -0.39 is 18.7 Å². The molecule has 1 aromatic carbocycles. The molecular formula is C17H20F3NO4. The Hall–Kier alpha value is -1.96. The third-order valence-corrected chi connectivity index (χ3v) is 4.43. The van der Waals surface area contributed by atoms with E-state index in [1.807, 2.05) is 0 Å². The van der Waals surface area contributed by atoms with Crippen molar-refractivity contribution in [1.29, 1.82) is 0 Å². The molecule has 1 aromatic rings. The van der Waals surface area contributed by atoms with Gasteiger partial charge in [0.25, 0.3) is 0 Å². The monoisotopic (exact) mass is 359 g/mol. The number of amides is 1. The van der Waals surface area contributed by atoms with Crippen LogP contribution in [0.1, 0.15) is 24.8 Å². The van der Waals surface area contributed by atoms with Crippen LogP contribution in [-0.2, 0) is 15.9 Å². The number of nitrogens with zero attached hydrogens (tertiary/aromatic N) is 1. The van der Waals surface area contributed by atoms with Crippen molar-refractivity contribution in [2.24, 2.45) is 0 Å². The van der Waals surface area contributed by atoms with E-state index in [-0.39, 0.29) is 25.2 Å². The van der Waals surface area contributed by atoms with Crippen LogP contribution in [0.3, 0.4) is 0 Å². The Morgan fingerprint density at radius 2 is 2.16 bits per heavy atom. The molecule has 2 aliphatic rings. The summed E-state index contributed by atoms with van der Waals surface area (Å²) in [5.74, 6) is 0.514. The summed E-state index contributed by atoms with van der Waals surface area (Å²) in [7, 11) is 1.57. The van der Waals surface area contributed by atoms with Gasteiger partial charge in [0.05, 0.1) is 24.9 Å². The maximum atomic E-state index is 12.2. The normalized spacial score (nSPS) is 22.4. The zero-order chi connectivity index (χ0) is 18.0. The lowest BCUT2D eigenvalue weighted by Crippen LogP contribution is -2.41. The van der Waals surface area contributed by atoms with E-state index in [9.17, 15) is 18.0 Å². The van der Waals surface area contributed by atoms with E-state index in [0.717, 1.165) is 24.1 Å². The number of halogens is 3. The number of ether oxygens (including phenoxy) is 3. The van der Waals surface area contributed by atoms with Crippen LogP contribution < -0.4 is 9.64 Å². The molecule has 0 spiro atoms. The van der Waals surface area contributed by atoms with E-state index in [1.165, 1.54) is 0 Å². The van der Waals surface area contributed by atoms with Gasteiger partial charge in [-0.1, -0.05) is 0 Å². The summed E-state index contributed by atoms with van der Waals surface area (Å²) in [5.41, 5.74) is 1.70. The Morgan fingerprint density at radius 1 is 1.36 bits per heavy atom. The van der Waals surface area contributed by atoms with Crippen LogP contribution in [0.4, 0.5) is 23.7 Å². The Labute approximate surface area is 143 Å².